The second-order valence-corrected chi connectivity index (χ2v) is 8.41. The number of benzene rings is 2. The molecule has 5 rings (SSSR count). The summed E-state index contributed by atoms with van der Waals surface area (Å²) in [5.41, 5.74) is 2.15. The summed E-state index contributed by atoms with van der Waals surface area (Å²) in [7, 11) is 0. The molecule has 2 amide bonds. The Morgan fingerprint density at radius 1 is 0.970 bits per heavy atom. The molecule has 2 aromatic carbocycles. The van der Waals surface area contributed by atoms with Crippen molar-refractivity contribution in [2.45, 2.75) is 38.1 Å². The minimum atomic E-state index is -0.762. The van der Waals surface area contributed by atoms with Crippen molar-refractivity contribution < 1.29 is 18.4 Å². The number of hydrogen-bond donors (Lipinski definition) is 2. The van der Waals surface area contributed by atoms with E-state index in [1.807, 2.05) is 31.2 Å². The average molecular weight is 448 g/mol. The number of rotatable bonds is 5. The van der Waals surface area contributed by atoms with Crippen LogP contribution in [0.4, 0.5) is 8.78 Å². The van der Waals surface area contributed by atoms with E-state index in [0.717, 1.165) is 29.7 Å². The lowest BCUT2D eigenvalue weighted by molar-refractivity contribution is -0.124. The van der Waals surface area contributed by atoms with Gasteiger partial charge in [0.2, 0.25) is 5.91 Å². The molecule has 3 aromatic rings. The third-order valence-electron chi connectivity index (χ3n) is 6.64. The van der Waals surface area contributed by atoms with Gasteiger partial charge in [0, 0.05) is 13.0 Å². The number of hydrogen-bond acceptors (Lipinski definition) is 4. The monoisotopic (exact) mass is 448 g/mol. The molecular weight excluding hydrogens is 426 g/mol. The lowest BCUT2D eigenvalue weighted by atomic mass is 9.76. The van der Waals surface area contributed by atoms with E-state index in [1.54, 1.807) is 0 Å². The van der Waals surface area contributed by atoms with Crippen molar-refractivity contribution in [2.75, 3.05) is 6.54 Å². The molecule has 1 atom stereocenters. The van der Waals surface area contributed by atoms with Gasteiger partial charge in [0.25, 0.3) is 5.91 Å². The zero-order valence-corrected chi connectivity index (χ0v) is 18.0. The lowest BCUT2D eigenvalue weighted by Crippen LogP contribution is -2.34. The molecule has 2 aliphatic rings. The third-order valence-corrected chi connectivity index (χ3v) is 6.64. The van der Waals surface area contributed by atoms with Crippen molar-refractivity contribution in [1.82, 2.24) is 20.6 Å². The maximum atomic E-state index is 14.4. The second kappa shape index (κ2) is 8.03. The topological polar surface area (TPSA) is 84.0 Å². The number of fused-ring (bicyclic) bond motifs is 1. The van der Waals surface area contributed by atoms with Crippen molar-refractivity contribution >= 4 is 11.8 Å². The highest BCUT2D eigenvalue weighted by molar-refractivity contribution is 5.99. The number of nitrogens with zero attached hydrogens (tertiary/aromatic N) is 2. The van der Waals surface area contributed by atoms with E-state index in [9.17, 15) is 18.4 Å². The van der Waals surface area contributed by atoms with Crippen LogP contribution >= 0.6 is 0 Å². The first kappa shape index (κ1) is 21.2. The standard InChI is InChI=1S/C25H22F2N4O2/c1-2-25(10-11-28-24(25)33)15-8-6-14(7-9-15)12-18-21-19(13-29-23(21)32)31-22(30-18)20-16(26)4-3-5-17(20)27/h3-9H,2,10-13H2,1H3,(H,28,33)(H,29,32). The maximum Gasteiger partial charge on any atom is 0.255 e. The molecule has 0 bridgehead atoms. The van der Waals surface area contributed by atoms with Crippen LogP contribution in [0.1, 0.15) is 52.6 Å². The minimum absolute atomic E-state index is 0.0413. The van der Waals surface area contributed by atoms with Gasteiger partial charge in [-0.25, -0.2) is 18.7 Å². The molecule has 1 fully saturated rings. The molecule has 33 heavy (non-hydrogen) atoms. The quantitative estimate of drug-likeness (QED) is 0.627. The SMILES string of the molecule is CCC1(c2ccc(Cc3nc(-c4c(F)cccc4F)nc4c3C(=O)NC4)cc2)CCNC1=O. The summed E-state index contributed by atoms with van der Waals surface area (Å²) >= 11 is 0. The number of carbonyl (C=O) groups is 2. The Hall–Kier alpha value is -3.68. The van der Waals surface area contributed by atoms with Crippen LogP contribution in [0.2, 0.25) is 0 Å². The summed E-state index contributed by atoms with van der Waals surface area (Å²) in [5.74, 6) is -1.87. The molecule has 6 nitrogen and oxygen atoms in total. The second-order valence-electron chi connectivity index (χ2n) is 8.41. The first-order valence-electron chi connectivity index (χ1n) is 10.9. The molecule has 3 heterocycles. The number of carbonyl (C=O) groups excluding carboxylic acids is 2. The fourth-order valence-corrected chi connectivity index (χ4v) is 4.78. The molecule has 2 aliphatic heterocycles. The number of amides is 2. The Bertz CT molecular complexity index is 1260. The first-order chi connectivity index (χ1) is 15.9. The van der Waals surface area contributed by atoms with Gasteiger partial charge in [-0.1, -0.05) is 37.3 Å². The van der Waals surface area contributed by atoms with Gasteiger partial charge < -0.3 is 10.6 Å². The average Bonchev–Trinajstić information content (AvgIpc) is 3.37. The minimum Gasteiger partial charge on any atom is -0.355 e. The predicted molar refractivity (Wildman–Crippen MR) is 117 cm³/mol. The Morgan fingerprint density at radius 2 is 1.70 bits per heavy atom. The van der Waals surface area contributed by atoms with Gasteiger partial charge >= 0.3 is 0 Å². The maximum absolute atomic E-state index is 14.4. The summed E-state index contributed by atoms with van der Waals surface area (Å²) in [6, 6.07) is 11.3. The molecular formula is C25H22F2N4O2. The van der Waals surface area contributed by atoms with Gasteiger partial charge in [0.1, 0.15) is 11.6 Å². The van der Waals surface area contributed by atoms with Gasteiger partial charge in [0.15, 0.2) is 5.82 Å². The van der Waals surface area contributed by atoms with Crippen molar-refractivity contribution in [2.24, 2.45) is 0 Å². The highest BCUT2D eigenvalue weighted by Crippen LogP contribution is 2.35. The normalized spacial score (nSPS) is 19.4. The van der Waals surface area contributed by atoms with Crippen molar-refractivity contribution in [3.05, 3.63) is 82.2 Å². The van der Waals surface area contributed by atoms with E-state index >= 15 is 0 Å². The molecule has 2 N–H and O–H groups in total. The van der Waals surface area contributed by atoms with Crippen LogP contribution in [0.15, 0.2) is 42.5 Å². The molecule has 1 unspecified atom stereocenters. The van der Waals surface area contributed by atoms with E-state index in [4.69, 9.17) is 0 Å². The summed E-state index contributed by atoms with van der Waals surface area (Å²) in [6.45, 7) is 2.84. The Kier molecular flexibility index (Phi) is 5.15. The molecule has 168 valence electrons. The van der Waals surface area contributed by atoms with Crippen molar-refractivity contribution in [3.63, 3.8) is 0 Å². The largest absolute Gasteiger partial charge is 0.355 e. The molecule has 0 aliphatic carbocycles. The highest BCUT2D eigenvalue weighted by atomic mass is 19.1. The fraction of sp³-hybridized carbons (Fsp3) is 0.280. The van der Waals surface area contributed by atoms with Crippen LogP contribution in [0, 0.1) is 11.6 Å². The molecule has 8 heteroatoms. The molecule has 0 radical (unpaired) electrons. The van der Waals surface area contributed by atoms with Crippen LogP contribution in [0.5, 0.6) is 0 Å². The van der Waals surface area contributed by atoms with Gasteiger partial charge in [-0.05, 0) is 36.1 Å². The van der Waals surface area contributed by atoms with Gasteiger partial charge in [-0.2, -0.15) is 0 Å². The van der Waals surface area contributed by atoms with Crippen molar-refractivity contribution in [3.8, 4) is 11.4 Å². The van der Waals surface area contributed by atoms with E-state index < -0.39 is 17.0 Å². The molecule has 1 aromatic heterocycles. The Labute approximate surface area is 189 Å². The highest BCUT2D eigenvalue weighted by Gasteiger charge is 2.42. The number of nitrogens with one attached hydrogen (secondary N) is 2. The zero-order chi connectivity index (χ0) is 23.2. The molecule has 1 saturated heterocycles. The van der Waals surface area contributed by atoms with Crippen LogP contribution in [0.3, 0.4) is 0 Å². The number of halogens is 2. The smallest absolute Gasteiger partial charge is 0.255 e. The predicted octanol–water partition coefficient (Wildman–Crippen LogP) is 3.42. The summed E-state index contributed by atoms with van der Waals surface area (Å²) in [4.78, 5) is 33.6. The third kappa shape index (κ3) is 3.46. The molecule has 0 saturated carbocycles. The summed E-state index contributed by atoms with van der Waals surface area (Å²) < 4.78 is 28.8. The summed E-state index contributed by atoms with van der Waals surface area (Å²) in [6.07, 6.45) is 1.74. The van der Waals surface area contributed by atoms with Crippen LogP contribution < -0.4 is 10.6 Å². The Morgan fingerprint density at radius 3 is 2.33 bits per heavy atom. The van der Waals surface area contributed by atoms with Crippen LogP contribution in [-0.2, 0) is 23.2 Å². The number of aromatic nitrogens is 2. The molecule has 0 spiro atoms. The fourth-order valence-electron chi connectivity index (χ4n) is 4.78. The van der Waals surface area contributed by atoms with E-state index in [-0.39, 0.29) is 36.2 Å². The summed E-state index contributed by atoms with van der Waals surface area (Å²) in [5, 5.41) is 5.63. The van der Waals surface area contributed by atoms with Crippen LogP contribution in [0.25, 0.3) is 11.4 Å². The first-order valence-corrected chi connectivity index (χ1v) is 10.9. The van der Waals surface area contributed by atoms with Gasteiger partial charge in [-0.3, -0.25) is 9.59 Å². The van der Waals surface area contributed by atoms with Gasteiger partial charge in [-0.15, -0.1) is 0 Å². The van der Waals surface area contributed by atoms with Crippen molar-refractivity contribution in [1.29, 1.82) is 0 Å². The zero-order valence-electron chi connectivity index (χ0n) is 18.0. The van der Waals surface area contributed by atoms with E-state index in [2.05, 4.69) is 20.6 Å². The lowest BCUT2D eigenvalue weighted by Gasteiger charge is -2.25. The van der Waals surface area contributed by atoms with Gasteiger partial charge in [0.05, 0.1) is 34.5 Å². The van der Waals surface area contributed by atoms with E-state index in [1.165, 1.54) is 6.07 Å². The van der Waals surface area contributed by atoms with E-state index in [0.29, 0.717) is 29.9 Å². The van der Waals surface area contributed by atoms with Crippen LogP contribution in [-0.4, -0.2) is 28.3 Å². The Balaban J connectivity index is 1.53.